The van der Waals surface area contributed by atoms with E-state index in [0.29, 0.717) is 0 Å². The van der Waals surface area contributed by atoms with Crippen molar-refractivity contribution in [1.29, 1.82) is 0 Å². The van der Waals surface area contributed by atoms with Crippen LogP contribution in [-0.2, 0) is 5.41 Å². The first-order chi connectivity index (χ1) is 25.0. The maximum absolute atomic E-state index is 6.66. The second-order valence-electron chi connectivity index (χ2n) is 14.8. The molecule has 1 heterocycles. The van der Waals surface area contributed by atoms with E-state index in [1.165, 1.54) is 82.0 Å². The lowest BCUT2D eigenvalue weighted by molar-refractivity contribution is 0.601. The minimum Gasteiger partial charge on any atom is -0.456 e. The van der Waals surface area contributed by atoms with Gasteiger partial charge in [-0.3, -0.25) is 0 Å². The van der Waals surface area contributed by atoms with E-state index in [0.717, 1.165) is 21.9 Å². The Morgan fingerprint density at radius 2 is 0.725 bits per heavy atom. The molecule has 1 heteroatoms. The van der Waals surface area contributed by atoms with Gasteiger partial charge in [0.25, 0.3) is 0 Å². The second-order valence-corrected chi connectivity index (χ2v) is 14.8. The number of rotatable bonds is 3. The zero-order valence-electron chi connectivity index (χ0n) is 29.0. The summed E-state index contributed by atoms with van der Waals surface area (Å²) in [6.07, 6.45) is 0. The van der Waals surface area contributed by atoms with Gasteiger partial charge in [-0.05, 0) is 112 Å². The lowest BCUT2D eigenvalue weighted by Gasteiger charge is -2.26. The van der Waals surface area contributed by atoms with Gasteiger partial charge in [-0.1, -0.05) is 160 Å². The topological polar surface area (TPSA) is 13.1 Å². The summed E-state index contributed by atoms with van der Waals surface area (Å²) in [5.74, 6) is 0. The van der Waals surface area contributed by atoms with Crippen LogP contribution in [0.5, 0.6) is 0 Å². The first-order valence-electron chi connectivity index (χ1n) is 17.9. The largest absolute Gasteiger partial charge is 0.456 e. The third-order valence-corrected chi connectivity index (χ3v) is 10.7. The Bertz CT molecular complexity index is 2880. The van der Waals surface area contributed by atoms with E-state index in [-0.39, 0.29) is 5.41 Å². The average molecular weight is 653 g/mol. The van der Waals surface area contributed by atoms with Gasteiger partial charge in [0, 0.05) is 10.8 Å². The first-order valence-corrected chi connectivity index (χ1v) is 17.9. The fraction of sp³-hybridized carbons (Fsp3) is 0.0800. The summed E-state index contributed by atoms with van der Waals surface area (Å²) in [7, 11) is 0. The minimum atomic E-state index is -0.00332. The third-order valence-electron chi connectivity index (χ3n) is 10.7. The van der Waals surface area contributed by atoms with Gasteiger partial charge in [-0.25, -0.2) is 0 Å². The van der Waals surface area contributed by atoms with Crippen molar-refractivity contribution in [3.8, 4) is 33.4 Å². The predicted octanol–water partition coefficient (Wildman–Crippen LogP) is 14.5. The molecule has 0 aliphatic carbocycles. The highest BCUT2D eigenvalue weighted by Gasteiger charge is 2.24. The van der Waals surface area contributed by atoms with E-state index in [9.17, 15) is 0 Å². The van der Waals surface area contributed by atoms with Gasteiger partial charge >= 0.3 is 0 Å². The normalized spacial score (nSPS) is 12.2. The zero-order valence-corrected chi connectivity index (χ0v) is 29.0. The van der Waals surface area contributed by atoms with Gasteiger partial charge in [-0.2, -0.15) is 0 Å². The lowest BCUT2D eigenvalue weighted by atomic mass is 9.78. The third kappa shape index (κ3) is 4.55. The average Bonchev–Trinajstić information content (AvgIpc) is 3.52. The number of hydrogen-bond acceptors (Lipinski definition) is 1. The van der Waals surface area contributed by atoms with E-state index in [1.54, 1.807) is 0 Å². The molecule has 0 amide bonds. The van der Waals surface area contributed by atoms with Gasteiger partial charge < -0.3 is 4.42 Å². The molecule has 0 aliphatic rings. The van der Waals surface area contributed by atoms with Crippen molar-refractivity contribution in [3.05, 3.63) is 169 Å². The summed E-state index contributed by atoms with van der Waals surface area (Å²) < 4.78 is 6.66. The highest BCUT2D eigenvalue weighted by atomic mass is 16.3. The Kier molecular flexibility index (Phi) is 6.51. The molecule has 0 fully saturated rings. The van der Waals surface area contributed by atoms with E-state index in [4.69, 9.17) is 4.42 Å². The van der Waals surface area contributed by atoms with E-state index in [2.05, 4.69) is 185 Å². The van der Waals surface area contributed by atoms with Crippen LogP contribution in [0.25, 0.3) is 98.4 Å². The SMILES string of the molecule is CC(C)(C)c1c2ccccc2c(-c2ccc3c(c2)oc2ccc(-c4c5ccccc5c(-c5ccccc5)c5ccccc45)cc23)c2ccccc12. The molecule has 0 bridgehead atoms. The fourth-order valence-corrected chi connectivity index (χ4v) is 8.69. The van der Waals surface area contributed by atoms with Gasteiger partial charge in [0.2, 0.25) is 0 Å². The van der Waals surface area contributed by atoms with Crippen molar-refractivity contribution in [1.82, 2.24) is 0 Å². The van der Waals surface area contributed by atoms with Crippen molar-refractivity contribution in [2.75, 3.05) is 0 Å². The Morgan fingerprint density at radius 1 is 0.314 bits per heavy atom. The standard InChI is InChI=1S/C50H36O/c1-50(2,3)49-41-23-13-11-21-39(41)48(40-22-12-14-24-42(40)49)33-25-27-34-43-29-32(26-28-44(43)51-45(34)30-33)47-37-19-9-7-17-35(37)46(31-15-5-4-6-16-31)36-18-8-10-20-38(36)47/h4-30H,1-3H3. The Hall–Kier alpha value is -6.18. The summed E-state index contributed by atoms with van der Waals surface area (Å²) in [4.78, 5) is 0. The molecule has 0 N–H and O–H groups in total. The summed E-state index contributed by atoms with van der Waals surface area (Å²) >= 11 is 0. The molecule has 0 radical (unpaired) electrons. The summed E-state index contributed by atoms with van der Waals surface area (Å²) in [5.41, 5.74) is 10.6. The van der Waals surface area contributed by atoms with Crippen LogP contribution in [0.15, 0.2) is 168 Å². The van der Waals surface area contributed by atoms with Crippen molar-refractivity contribution >= 4 is 65.0 Å². The second kappa shape index (κ2) is 11.2. The number of benzene rings is 9. The van der Waals surface area contributed by atoms with Crippen LogP contribution in [-0.4, -0.2) is 0 Å². The summed E-state index contributed by atoms with van der Waals surface area (Å²) in [6, 6.07) is 59.8. The van der Waals surface area contributed by atoms with E-state index < -0.39 is 0 Å². The molecule has 0 spiro atoms. The molecule has 242 valence electrons. The molecule has 0 aliphatic heterocycles. The monoisotopic (exact) mass is 652 g/mol. The highest BCUT2D eigenvalue weighted by Crippen LogP contribution is 2.47. The number of furan rings is 1. The van der Waals surface area contributed by atoms with Crippen LogP contribution in [0.1, 0.15) is 26.3 Å². The van der Waals surface area contributed by atoms with Crippen LogP contribution in [0.3, 0.4) is 0 Å². The molecule has 0 atom stereocenters. The van der Waals surface area contributed by atoms with Gasteiger partial charge in [0.05, 0.1) is 0 Å². The molecule has 1 nitrogen and oxygen atoms in total. The van der Waals surface area contributed by atoms with Crippen molar-refractivity contribution < 1.29 is 4.42 Å². The molecule has 10 aromatic rings. The van der Waals surface area contributed by atoms with E-state index in [1.807, 2.05) is 0 Å². The molecule has 0 unspecified atom stereocenters. The molecule has 0 saturated heterocycles. The molecule has 51 heavy (non-hydrogen) atoms. The maximum Gasteiger partial charge on any atom is 0.136 e. The first kappa shape index (κ1) is 29.7. The molecule has 0 saturated carbocycles. The quantitative estimate of drug-likeness (QED) is 0.173. The maximum atomic E-state index is 6.66. The van der Waals surface area contributed by atoms with Crippen molar-refractivity contribution in [2.45, 2.75) is 26.2 Å². The minimum absolute atomic E-state index is 0.00332. The van der Waals surface area contributed by atoms with Gasteiger partial charge in [-0.15, -0.1) is 0 Å². The number of hydrogen-bond donors (Lipinski definition) is 0. The van der Waals surface area contributed by atoms with Crippen molar-refractivity contribution in [2.24, 2.45) is 0 Å². The molecule has 9 aromatic carbocycles. The summed E-state index contributed by atoms with van der Waals surface area (Å²) in [6.45, 7) is 6.95. The van der Waals surface area contributed by atoms with Crippen LogP contribution in [0.4, 0.5) is 0 Å². The fourth-order valence-electron chi connectivity index (χ4n) is 8.69. The highest BCUT2D eigenvalue weighted by molar-refractivity contribution is 6.22. The Morgan fingerprint density at radius 3 is 1.24 bits per heavy atom. The molecular weight excluding hydrogens is 617 g/mol. The van der Waals surface area contributed by atoms with Crippen LogP contribution < -0.4 is 0 Å². The van der Waals surface area contributed by atoms with Crippen LogP contribution >= 0.6 is 0 Å². The Labute approximate surface area is 297 Å². The zero-order chi connectivity index (χ0) is 34.3. The lowest BCUT2D eigenvalue weighted by Crippen LogP contribution is -2.13. The van der Waals surface area contributed by atoms with E-state index >= 15 is 0 Å². The number of fused-ring (bicyclic) bond motifs is 7. The predicted molar refractivity (Wildman–Crippen MR) is 219 cm³/mol. The van der Waals surface area contributed by atoms with Gasteiger partial charge in [0.1, 0.15) is 11.2 Å². The Balaban J connectivity index is 1.20. The summed E-state index contributed by atoms with van der Waals surface area (Å²) in [5, 5.41) is 12.5. The molecular formula is C50H36O. The van der Waals surface area contributed by atoms with Crippen LogP contribution in [0, 0.1) is 0 Å². The molecule has 10 rings (SSSR count). The van der Waals surface area contributed by atoms with Crippen LogP contribution in [0.2, 0.25) is 0 Å². The smallest absolute Gasteiger partial charge is 0.136 e. The molecule has 1 aromatic heterocycles. The van der Waals surface area contributed by atoms with Crippen molar-refractivity contribution in [3.63, 3.8) is 0 Å². The van der Waals surface area contributed by atoms with Gasteiger partial charge in [0.15, 0.2) is 0 Å².